The highest BCUT2D eigenvalue weighted by atomic mass is 35.5. The first-order valence-electron chi connectivity index (χ1n) is 6.23. The second-order valence-corrected chi connectivity index (χ2v) is 7.79. The minimum absolute atomic E-state index is 0.0787. The first-order valence-corrected chi connectivity index (χ1v) is 8.43. The Labute approximate surface area is 119 Å². The highest BCUT2D eigenvalue weighted by molar-refractivity contribution is 7.91. The molecule has 1 aliphatic rings. The van der Waals surface area contributed by atoms with Crippen LogP contribution in [-0.4, -0.2) is 44.0 Å². The molecule has 4 nitrogen and oxygen atoms in total. The summed E-state index contributed by atoms with van der Waals surface area (Å²) in [5.74, 6) is 0.220. The molecule has 6 heteroatoms. The molecule has 1 fully saturated rings. The Balaban J connectivity index is 2.15. The molecule has 19 heavy (non-hydrogen) atoms. The SMILES string of the molecule is CC(c1ccc(Cl)cc1)N(C)C1CS(=O)(=O)CC1N. The number of nitrogens with zero attached hydrogens (tertiary/aromatic N) is 1. The van der Waals surface area contributed by atoms with Crippen molar-refractivity contribution in [3.8, 4) is 0 Å². The lowest BCUT2D eigenvalue weighted by atomic mass is 10.0. The van der Waals surface area contributed by atoms with Crippen molar-refractivity contribution in [1.29, 1.82) is 0 Å². The van der Waals surface area contributed by atoms with Gasteiger partial charge in [0.2, 0.25) is 0 Å². The molecule has 1 aromatic carbocycles. The number of nitrogens with two attached hydrogens (primary N) is 1. The molecule has 1 saturated heterocycles. The molecule has 0 aliphatic carbocycles. The van der Waals surface area contributed by atoms with Gasteiger partial charge in [-0.25, -0.2) is 8.42 Å². The second-order valence-electron chi connectivity index (χ2n) is 5.20. The summed E-state index contributed by atoms with van der Waals surface area (Å²) in [6.07, 6.45) is 0. The van der Waals surface area contributed by atoms with Crippen molar-refractivity contribution in [2.45, 2.75) is 25.0 Å². The van der Waals surface area contributed by atoms with Crippen LogP contribution in [-0.2, 0) is 9.84 Å². The van der Waals surface area contributed by atoms with E-state index in [4.69, 9.17) is 17.3 Å². The Kier molecular flexibility index (Phi) is 4.20. The fraction of sp³-hybridized carbons (Fsp3) is 0.538. The van der Waals surface area contributed by atoms with Crippen LogP contribution in [0, 0.1) is 0 Å². The normalized spacial score (nSPS) is 27.6. The number of likely N-dealkylation sites (N-methyl/N-ethyl adjacent to an activating group) is 1. The summed E-state index contributed by atoms with van der Waals surface area (Å²) in [5, 5.41) is 0.693. The average Bonchev–Trinajstić information content (AvgIpc) is 2.62. The number of rotatable bonds is 3. The summed E-state index contributed by atoms with van der Waals surface area (Å²) in [4.78, 5) is 2.04. The van der Waals surface area contributed by atoms with Crippen molar-refractivity contribution in [3.63, 3.8) is 0 Å². The van der Waals surface area contributed by atoms with Crippen LogP contribution in [0.2, 0.25) is 5.02 Å². The predicted octanol–water partition coefficient (Wildman–Crippen LogP) is 1.46. The fourth-order valence-electron chi connectivity index (χ4n) is 2.54. The molecule has 1 aromatic rings. The van der Waals surface area contributed by atoms with Crippen molar-refractivity contribution in [2.24, 2.45) is 5.73 Å². The van der Waals surface area contributed by atoms with Gasteiger partial charge in [0, 0.05) is 23.1 Å². The number of benzene rings is 1. The van der Waals surface area contributed by atoms with Gasteiger partial charge < -0.3 is 5.73 Å². The summed E-state index contributed by atoms with van der Waals surface area (Å²) < 4.78 is 23.3. The molecule has 0 aromatic heterocycles. The molecular weight excluding hydrogens is 284 g/mol. The van der Waals surface area contributed by atoms with Gasteiger partial charge in [-0.15, -0.1) is 0 Å². The quantitative estimate of drug-likeness (QED) is 0.918. The highest BCUT2D eigenvalue weighted by Crippen LogP contribution is 2.26. The van der Waals surface area contributed by atoms with E-state index in [1.54, 1.807) is 0 Å². The maximum Gasteiger partial charge on any atom is 0.153 e. The largest absolute Gasteiger partial charge is 0.325 e. The molecule has 106 valence electrons. The summed E-state index contributed by atoms with van der Waals surface area (Å²) >= 11 is 5.87. The molecule has 0 bridgehead atoms. The Morgan fingerprint density at radius 2 is 1.89 bits per heavy atom. The summed E-state index contributed by atoms with van der Waals surface area (Å²) in [5.41, 5.74) is 7.05. The first kappa shape index (κ1) is 14.8. The molecule has 1 heterocycles. The molecular formula is C13H19ClN2O2S. The van der Waals surface area contributed by atoms with Crippen LogP contribution in [0.5, 0.6) is 0 Å². The van der Waals surface area contributed by atoms with Crippen molar-refractivity contribution in [2.75, 3.05) is 18.6 Å². The Morgan fingerprint density at radius 3 is 2.37 bits per heavy atom. The predicted molar refractivity (Wildman–Crippen MR) is 78.0 cm³/mol. The standard InChI is InChI=1S/C13H19ClN2O2S/c1-9(10-3-5-11(14)6-4-10)16(2)13-8-19(17,18)7-12(13)15/h3-6,9,12-13H,7-8,15H2,1-2H3. The van der Waals surface area contributed by atoms with Crippen molar-refractivity contribution < 1.29 is 8.42 Å². The molecule has 0 amide bonds. The summed E-state index contributed by atoms with van der Waals surface area (Å²) in [6, 6.07) is 7.25. The first-order chi connectivity index (χ1) is 8.80. The number of halogens is 1. The van der Waals surface area contributed by atoms with Gasteiger partial charge in [0.1, 0.15) is 0 Å². The lowest BCUT2D eigenvalue weighted by molar-refractivity contribution is 0.187. The van der Waals surface area contributed by atoms with Crippen LogP contribution in [0.4, 0.5) is 0 Å². The zero-order valence-corrected chi connectivity index (χ0v) is 12.7. The molecule has 0 radical (unpaired) electrons. The van der Waals surface area contributed by atoms with E-state index in [9.17, 15) is 8.42 Å². The topological polar surface area (TPSA) is 63.4 Å². The van der Waals surface area contributed by atoms with Crippen LogP contribution in [0.3, 0.4) is 0 Å². The Bertz CT molecular complexity index is 544. The molecule has 2 N–H and O–H groups in total. The number of sulfone groups is 1. The lowest BCUT2D eigenvalue weighted by Crippen LogP contribution is -2.46. The van der Waals surface area contributed by atoms with Gasteiger partial charge >= 0.3 is 0 Å². The number of hydrogen-bond donors (Lipinski definition) is 1. The van der Waals surface area contributed by atoms with Crippen LogP contribution < -0.4 is 5.73 Å². The van der Waals surface area contributed by atoms with Crippen molar-refractivity contribution in [3.05, 3.63) is 34.9 Å². The Hall–Kier alpha value is -0.620. The van der Waals surface area contributed by atoms with E-state index in [-0.39, 0.29) is 29.6 Å². The zero-order chi connectivity index (χ0) is 14.2. The maximum atomic E-state index is 11.6. The van der Waals surface area contributed by atoms with E-state index in [1.165, 1.54) is 0 Å². The minimum atomic E-state index is -3.00. The average molecular weight is 303 g/mol. The van der Waals surface area contributed by atoms with Crippen LogP contribution in [0.25, 0.3) is 0 Å². The Morgan fingerprint density at radius 1 is 1.32 bits per heavy atom. The smallest absolute Gasteiger partial charge is 0.153 e. The third kappa shape index (κ3) is 3.28. The molecule has 2 rings (SSSR count). The molecule has 0 saturated carbocycles. The molecule has 3 unspecified atom stereocenters. The summed E-state index contributed by atoms with van der Waals surface area (Å²) in [6.45, 7) is 2.04. The van der Waals surface area contributed by atoms with Crippen LogP contribution in [0.1, 0.15) is 18.5 Å². The van der Waals surface area contributed by atoms with E-state index >= 15 is 0 Å². The van der Waals surface area contributed by atoms with Crippen LogP contribution >= 0.6 is 11.6 Å². The fourth-order valence-corrected chi connectivity index (χ4v) is 4.61. The van der Waals surface area contributed by atoms with Gasteiger partial charge in [0.25, 0.3) is 0 Å². The summed E-state index contributed by atoms with van der Waals surface area (Å²) in [7, 11) is -1.08. The monoisotopic (exact) mass is 302 g/mol. The van der Waals surface area contributed by atoms with Gasteiger partial charge in [-0.1, -0.05) is 23.7 Å². The second kappa shape index (κ2) is 5.40. The van der Waals surface area contributed by atoms with Gasteiger partial charge in [-0.3, -0.25) is 4.90 Å². The molecule has 1 aliphatic heterocycles. The van der Waals surface area contributed by atoms with E-state index in [1.807, 2.05) is 43.1 Å². The third-order valence-electron chi connectivity index (χ3n) is 3.85. The van der Waals surface area contributed by atoms with Gasteiger partial charge in [-0.2, -0.15) is 0 Å². The van der Waals surface area contributed by atoms with E-state index in [0.717, 1.165) is 5.56 Å². The van der Waals surface area contributed by atoms with E-state index < -0.39 is 9.84 Å². The van der Waals surface area contributed by atoms with Gasteiger partial charge in [0.15, 0.2) is 9.84 Å². The van der Waals surface area contributed by atoms with Gasteiger partial charge in [0.05, 0.1) is 11.5 Å². The van der Waals surface area contributed by atoms with E-state index in [2.05, 4.69) is 0 Å². The third-order valence-corrected chi connectivity index (χ3v) is 5.85. The molecule has 3 atom stereocenters. The van der Waals surface area contributed by atoms with E-state index in [0.29, 0.717) is 5.02 Å². The maximum absolute atomic E-state index is 11.6. The van der Waals surface area contributed by atoms with Gasteiger partial charge in [-0.05, 0) is 31.7 Å². The molecule has 0 spiro atoms. The minimum Gasteiger partial charge on any atom is -0.325 e. The highest BCUT2D eigenvalue weighted by Gasteiger charge is 2.39. The number of hydrogen-bond acceptors (Lipinski definition) is 4. The van der Waals surface area contributed by atoms with Crippen molar-refractivity contribution >= 4 is 21.4 Å². The zero-order valence-electron chi connectivity index (χ0n) is 11.1. The lowest BCUT2D eigenvalue weighted by Gasteiger charge is -2.32. The van der Waals surface area contributed by atoms with Crippen LogP contribution in [0.15, 0.2) is 24.3 Å². The van der Waals surface area contributed by atoms with Crippen molar-refractivity contribution in [1.82, 2.24) is 4.90 Å².